The molecule has 0 spiro atoms. The fourth-order valence-electron chi connectivity index (χ4n) is 1.83. The van der Waals surface area contributed by atoms with Gasteiger partial charge in [-0.1, -0.05) is 12.1 Å². The van der Waals surface area contributed by atoms with E-state index < -0.39 is 4.92 Å². The van der Waals surface area contributed by atoms with Crippen molar-refractivity contribution in [2.24, 2.45) is 0 Å². The standard InChI is InChI=1S/C16H15NO5/c1-3-21-16(18)13-6-4-12(5-7-13)15-9-8-14(22-15)10-11(2)17(19)20/h4-10H,3H2,1-2H3. The molecule has 0 amide bonds. The number of nitro groups is 1. The zero-order valence-corrected chi connectivity index (χ0v) is 12.2. The van der Waals surface area contributed by atoms with E-state index in [1.807, 2.05) is 0 Å². The minimum absolute atomic E-state index is 0.00133. The second-order valence-corrected chi connectivity index (χ2v) is 4.54. The van der Waals surface area contributed by atoms with Gasteiger partial charge in [-0.3, -0.25) is 10.1 Å². The van der Waals surface area contributed by atoms with Crippen LogP contribution in [0.3, 0.4) is 0 Å². The summed E-state index contributed by atoms with van der Waals surface area (Å²) in [5, 5.41) is 10.6. The Balaban J connectivity index is 2.19. The van der Waals surface area contributed by atoms with Crippen LogP contribution < -0.4 is 0 Å². The SMILES string of the molecule is CCOC(=O)c1ccc(-c2ccc(C=C(C)[N+](=O)[O-])o2)cc1. The van der Waals surface area contributed by atoms with Gasteiger partial charge >= 0.3 is 5.97 Å². The highest BCUT2D eigenvalue weighted by Gasteiger charge is 2.09. The average molecular weight is 301 g/mol. The smallest absolute Gasteiger partial charge is 0.338 e. The van der Waals surface area contributed by atoms with Crippen molar-refractivity contribution in [1.82, 2.24) is 0 Å². The van der Waals surface area contributed by atoms with Gasteiger partial charge in [-0.05, 0) is 31.2 Å². The van der Waals surface area contributed by atoms with Crippen LogP contribution in [0.5, 0.6) is 0 Å². The Morgan fingerprint density at radius 3 is 2.55 bits per heavy atom. The molecule has 0 atom stereocenters. The third-order valence-electron chi connectivity index (χ3n) is 2.95. The van der Waals surface area contributed by atoms with E-state index in [2.05, 4.69) is 0 Å². The number of ether oxygens (including phenoxy) is 1. The van der Waals surface area contributed by atoms with Gasteiger partial charge in [-0.2, -0.15) is 0 Å². The van der Waals surface area contributed by atoms with Crippen molar-refractivity contribution in [2.45, 2.75) is 13.8 Å². The topological polar surface area (TPSA) is 82.6 Å². The average Bonchev–Trinajstić information content (AvgIpc) is 2.96. The van der Waals surface area contributed by atoms with E-state index in [1.165, 1.54) is 13.0 Å². The highest BCUT2D eigenvalue weighted by Crippen LogP contribution is 2.24. The largest absolute Gasteiger partial charge is 0.462 e. The van der Waals surface area contributed by atoms with Crippen LogP contribution in [-0.4, -0.2) is 17.5 Å². The highest BCUT2D eigenvalue weighted by molar-refractivity contribution is 5.89. The van der Waals surface area contributed by atoms with Crippen LogP contribution in [0.4, 0.5) is 0 Å². The number of allylic oxidation sites excluding steroid dienone is 1. The molecule has 0 saturated carbocycles. The molecule has 0 unspecified atom stereocenters. The van der Waals surface area contributed by atoms with E-state index >= 15 is 0 Å². The lowest BCUT2D eigenvalue weighted by Crippen LogP contribution is -2.03. The Kier molecular flexibility index (Phi) is 4.73. The molecule has 0 radical (unpaired) electrons. The second-order valence-electron chi connectivity index (χ2n) is 4.54. The fourth-order valence-corrected chi connectivity index (χ4v) is 1.83. The molecule has 0 fully saturated rings. The summed E-state index contributed by atoms with van der Waals surface area (Å²) in [5.74, 6) is 0.593. The summed E-state index contributed by atoms with van der Waals surface area (Å²) in [7, 11) is 0. The fraction of sp³-hybridized carbons (Fsp3) is 0.188. The summed E-state index contributed by atoms with van der Waals surface area (Å²) in [6.45, 7) is 3.47. The molecule has 1 aromatic heterocycles. The number of nitrogens with zero attached hydrogens (tertiary/aromatic N) is 1. The van der Waals surface area contributed by atoms with E-state index in [9.17, 15) is 14.9 Å². The number of hydrogen-bond acceptors (Lipinski definition) is 5. The maximum absolute atomic E-state index is 11.6. The van der Waals surface area contributed by atoms with Crippen LogP contribution >= 0.6 is 0 Å². The number of rotatable bonds is 5. The Bertz CT molecular complexity index is 712. The van der Waals surface area contributed by atoms with Gasteiger partial charge in [-0.15, -0.1) is 0 Å². The van der Waals surface area contributed by atoms with Crippen molar-refractivity contribution < 1.29 is 18.9 Å². The van der Waals surface area contributed by atoms with Crippen LogP contribution in [0.2, 0.25) is 0 Å². The maximum atomic E-state index is 11.6. The lowest BCUT2D eigenvalue weighted by atomic mass is 10.1. The molecule has 0 N–H and O–H groups in total. The van der Waals surface area contributed by atoms with Gasteiger partial charge in [0.2, 0.25) is 5.70 Å². The molecule has 1 aromatic carbocycles. The molecule has 6 nitrogen and oxygen atoms in total. The van der Waals surface area contributed by atoms with E-state index in [0.29, 0.717) is 23.7 Å². The van der Waals surface area contributed by atoms with E-state index in [4.69, 9.17) is 9.15 Å². The van der Waals surface area contributed by atoms with Crippen molar-refractivity contribution in [2.75, 3.05) is 6.61 Å². The zero-order chi connectivity index (χ0) is 16.1. The van der Waals surface area contributed by atoms with Crippen molar-refractivity contribution in [3.63, 3.8) is 0 Å². The van der Waals surface area contributed by atoms with Crippen LogP contribution in [0.15, 0.2) is 46.5 Å². The van der Waals surface area contributed by atoms with Crippen LogP contribution in [0.1, 0.15) is 30.0 Å². The van der Waals surface area contributed by atoms with Crippen molar-refractivity contribution >= 4 is 12.0 Å². The molecule has 0 saturated heterocycles. The van der Waals surface area contributed by atoms with Crippen LogP contribution in [0, 0.1) is 10.1 Å². The first-order valence-electron chi connectivity index (χ1n) is 6.71. The number of carbonyl (C=O) groups is 1. The molecule has 114 valence electrons. The van der Waals surface area contributed by atoms with Crippen molar-refractivity contribution in [1.29, 1.82) is 0 Å². The van der Waals surface area contributed by atoms with Gasteiger partial charge in [0.25, 0.3) is 0 Å². The molecule has 0 aliphatic heterocycles. The minimum Gasteiger partial charge on any atom is -0.462 e. The first-order valence-corrected chi connectivity index (χ1v) is 6.71. The summed E-state index contributed by atoms with van der Waals surface area (Å²) in [6.07, 6.45) is 1.36. The first kappa shape index (κ1) is 15.5. The van der Waals surface area contributed by atoms with E-state index in [0.717, 1.165) is 5.56 Å². The number of hydrogen-bond donors (Lipinski definition) is 0. The Hall–Kier alpha value is -2.89. The maximum Gasteiger partial charge on any atom is 0.338 e. The van der Waals surface area contributed by atoms with E-state index in [1.54, 1.807) is 43.3 Å². The molecule has 0 bridgehead atoms. The summed E-state index contributed by atoms with van der Waals surface area (Å²) in [6, 6.07) is 10.1. The summed E-state index contributed by atoms with van der Waals surface area (Å²) in [4.78, 5) is 21.7. The molecular weight excluding hydrogens is 286 g/mol. The molecule has 0 aliphatic carbocycles. The number of esters is 1. The molecule has 2 rings (SSSR count). The zero-order valence-electron chi connectivity index (χ0n) is 12.2. The number of benzene rings is 1. The quantitative estimate of drug-likeness (QED) is 0.477. The first-order chi connectivity index (χ1) is 10.5. The molecule has 6 heteroatoms. The molecule has 1 heterocycles. The van der Waals surface area contributed by atoms with Crippen molar-refractivity contribution in [3.8, 4) is 11.3 Å². The van der Waals surface area contributed by atoms with E-state index in [-0.39, 0.29) is 11.7 Å². The van der Waals surface area contributed by atoms with Gasteiger partial charge in [0, 0.05) is 12.5 Å². The van der Waals surface area contributed by atoms with Crippen molar-refractivity contribution in [3.05, 3.63) is 63.5 Å². The summed E-state index contributed by atoms with van der Waals surface area (Å²) < 4.78 is 10.5. The lowest BCUT2D eigenvalue weighted by Gasteiger charge is -2.02. The third-order valence-corrected chi connectivity index (χ3v) is 2.95. The van der Waals surface area contributed by atoms with Gasteiger partial charge in [0.15, 0.2) is 0 Å². The molecule has 22 heavy (non-hydrogen) atoms. The predicted octanol–water partition coefficient (Wildman–Crippen LogP) is 3.76. The molecule has 2 aromatic rings. The third kappa shape index (κ3) is 3.60. The summed E-state index contributed by atoms with van der Waals surface area (Å²) >= 11 is 0. The normalized spacial score (nSPS) is 11.3. The van der Waals surface area contributed by atoms with Gasteiger partial charge in [0.1, 0.15) is 11.5 Å². The monoisotopic (exact) mass is 301 g/mol. The van der Waals surface area contributed by atoms with Gasteiger partial charge in [-0.25, -0.2) is 4.79 Å². The number of furan rings is 1. The Labute approximate surface area is 127 Å². The molecular formula is C16H15NO5. The predicted molar refractivity (Wildman–Crippen MR) is 80.7 cm³/mol. The van der Waals surface area contributed by atoms with Gasteiger partial charge < -0.3 is 9.15 Å². The number of carbonyl (C=O) groups excluding carboxylic acids is 1. The van der Waals surface area contributed by atoms with Crippen LogP contribution in [-0.2, 0) is 4.74 Å². The van der Waals surface area contributed by atoms with Crippen LogP contribution in [0.25, 0.3) is 17.4 Å². The second kappa shape index (κ2) is 6.71. The lowest BCUT2D eigenvalue weighted by molar-refractivity contribution is -0.422. The molecule has 0 aliphatic rings. The van der Waals surface area contributed by atoms with Gasteiger partial charge in [0.05, 0.1) is 23.2 Å². The summed E-state index contributed by atoms with van der Waals surface area (Å²) in [5.41, 5.74) is 1.23. The Morgan fingerprint density at radius 1 is 1.27 bits per heavy atom. The minimum atomic E-state index is -0.476. The Morgan fingerprint density at radius 2 is 1.95 bits per heavy atom. The highest BCUT2D eigenvalue weighted by atomic mass is 16.6.